The van der Waals surface area contributed by atoms with Crippen LogP contribution in [0.25, 0.3) is 22.2 Å². The highest BCUT2D eigenvalue weighted by Gasteiger charge is 2.18. The van der Waals surface area contributed by atoms with Crippen LogP contribution in [-0.4, -0.2) is 16.5 Å². The van der Waals surface area contributed by atoms with Crippen molar-refractivity contribution in [3.05, 3.63) is 70.9 Å². The van der Waals surface area contributed by atoms with E-state index < -0.39 is 0 Å². The van der Waals surface area contributed by atoms with Crippen LogP contribution in [0.2, 0.25) is 0 Å². The number of hydrogen-bond donors (Lipinski definition) is 4. The van der Waals surface area contributed by atoms with Gasteiger partial charge in [-0.25, -0.2) is 11.4 Å². The summed E-state index contributed by atoms with van der Waals surface area (Å²) in [6.07, 6.45) is 4.54. The fraction of sp³-hybridized carbons (Fsp3) is 0.217. The molecule has 0 spiro atoms. The third kappa shape index (κ3) is 3.79. The number of fused-ring (bicyclic) bond motifs is 1. The topological polar surface area (TPSA) is 105 Å². The van der Waals surface area contributed by atoms with Crippen molar-refractivity contribution in [3.63, 3.8) is 0 Å². The minimum Gasteiger partial charge on any atom is -0.380 e. The van der Waals surface area contributed by atoms with E-state index in [2.05, 4.69) is 65.9 Å². The molecular formula is C23H26N6. The molecular weight excluding hydrogens is 360 g/mol. The first-order valence-electron chi connectivity index (χ1n) is 9.79. The maximum Gasteiger partial charge on any atom is 0.170 e. The highest BCUT2D eigenvalue weighted by atomic mass is 15.5. The highest BCUT2D eigenvalue weighted by molar-refractivity contribution is 6.03. The Labute approximate surface area is 170 Å². The third-order valence-electron chi connectivity index (χ3n) is 5.46. The summed E-state index contributed by atoms with van der Waals surface area (Å²) in [5, 5.41) is 5.10. The Kier molecular flexibility index (Phi) is 5.18. The quantitative estimate of drug-likeness (QED) is 0.232. The fourth-order valence-electron chi connectivity index (χ4n) is 3.82. The van der Waals surface area contributed by atoms with Gasteiger partial charge >= 0.3 is 0 Å². The van der Waals surface area contributed by atoms with Crippen molar-refractivity contribution in [3.8, 4) is 11.3 Å². The zero-order valence-corrected chi connectivity index (χ0v) is 16.8. The Hall–Kier alpha value is -3.38. The lowest BCUT2D eigenvalue weighted by molar-refractivity contribution is 0.802. The largest absolute Gasteiger partial charge is 0.380 e. The monoisotopic (exact) mass is 386 g/mol. The predicted molar refractivity (Wildman–Crippen MR) is 121 cm³/mol. The van der Waals surface area contributed by atoms with Crippen molar-refractivity contribution in [2.75, 3.05) is 0 Å². The van der Waals surface area contributed by atoms with E-state index in [0.717, 1.165) is 36.2 Å². The minimum atomic E-state index is 0.304. The summed E-state index contributed by atoms with van der Waals surface area (Å²) in [5.74, 6) is 5.56. The molecule has 3 aromatic rings. The number of aliphatic imine (C=N–C) groups is 1. The van der Waals surface area contributed by atoms with Crippen LogP contribution in [0, 0.1) is 13.8 Å². The van der Waals surface area contributed by atoms with Gasteiger partial charge < -0.3 is 10.7 Å². The van der Waals surface area contributed by atoms with Crippen LogP contribution >= 0.6 is 0 Å². The van der Waals surface area contributed by atoms with Crippen LogP contribution in [0.4, 0.5) is 0 Å². The lowest BCUT2D eigenvalue weighted by Crippen LogP contribution is -2.24. The first-order chi connectivity index (χ1) is 14.1. The van der Waals surface area contributed by atoms with Gasteiger partial charge in [0.1, 0.15) is 5.70 Å². The Morgan fingerprint density at radius 3 is 2.69 bits per heavy atom. The standard InChI is InChI=1S/C23H26N6/c1-14-11-18-19(13-17-9-6-10-20(26-17)23(24)28-29-25)22(16-7-4-3-5-8-16)27-21(18)12-15(14)2/h3-5,7-8,10-12,27,29H,6,9,13,25H2,1-2H3,(H2,24,28). The van der Waals surface area contributed by atoms with E-state index in [1.165, 1.54) is 27.6 Å². The van der Waals surface area contributed by atoms with Gasteiger partial charge in [-0.3, -0.25) is 4.99 Å². The number of aryl methyl sites for hydroxylation is 2. The number of hydrazine groups is 1. The van der Waals surface area contributed by atoms with Crippen LogP contribution in [0.1, 0.15) is 29.5 Å². The predicted octanol–water partition coefficient (Wildman–Crippen LogP) is 3.85. The van der Waals surface area contributed by atoms with Gasteiger partial charge in [0.2, 0.25) is 0 Å². The molecule has 0 bridgehead atoms. The highest BCUT2D eigenvalue weighted by Crippen LogP contribution is 2.33. The number of amidine groups is 1. The van der Waals surface area contributed by atoms with E-state index in [1.54, 1.807) is 0 Å². The van der Waals surface area contributed by atoms with Crippen LogP contribution in [-0.2, 0) is 6.42 Å². The molecule has 2 aromatic carbocycles. The lowest BCUT2D eigenvalue weighted by Gasteiger charge is -2.14. The molecule has 6 heteroatoms. The molecule has 1 aliphatic heterocycles. The molecule has 1 aliphatic rings. The van der Waals surface area contributed by atoms with Gasteiger partial charge in [-0.2, -0.15) is 0 Å². The smallest absolute Gasteiger partial charge is 0.170 e. The second kappa shape index (κ2) is 7.93. The summed E-state index contributed by atoms with van der Waals surface area (Å²) >= 11 is 0. The van der Waals surface area contributed by atoms with Crippen LogP contribution in [0.5, 0.6) is 0 Å². The molecule has 0 unspecified atom stereocenters. The van der Waals surface area contributed by atoms with Crippen molar-refractivity contribution in [1.82, 2.24) is 10.5 Å². The number of allylic oxidation sites excluding steroid dienone is 1. The molecule has 2 heterocycles. The average molecular weight is 387 g/mol. The maximum atomic E-state index is 5.97. The van der Waals surface area contributed by atoms with Crippen LogP contribution < -0.4 is 17.1 Å². The van der Waals surface area contributed by atoms with E-state index in [4.69, 9.17) is 16.6 Å². The molecule has 0 atom stereocenters. The lowest BCUT2D eigenvalue weighted by atomic mass is 9.96. The van der Waals surface area contributed by atoms with Crippen molar-refractivity contribution in [2.45, 2.75) is 33.1 Å². The van der Waals surface area contributed by atoms with Crippen molar-refractivity contribution >= 4 is 22.5 Å². The van der Waals surface area contributed by atoms with E-state index in [1.807, 2.05) is 12.1 Å². The van der Waals surface area contributed by atoms with Gasteiger partial charge in [0.15, 0.2) is 5.84 Å². The molecule has 0 saturated carbocycles. The number of aromatic nitrogens is 1. The molecule has 0 saturated heterocycles. The number of nitrogens with one attached hydrogen (secondary N) is 2. The number of H-pyrrole nitrogens is 1. The van der Waals surface area contributed by atoms with E-state index >= 15 is 0 Å². The second-order valence-corrected chi connectivity index (χ2v) is 7.44. The second-order valence-electron chi connectivity index (χ2n) is 7.44. The third-order valence-corrected chi connectivity index (χ3v) is 5.46. The van der Waals surface area contributed by atoms with Gasteiger partial charge in [0.05, 0.1) is 5.69 Å². The molecule has 0 amide bonds. The molecule has 148 valence electrons. The number of nitrogens with two attached hydrogens (primary N) is 2. The van der Waals surface area contributed by atoms with Gasteiger partial charge in [0.25, 0.3) is 0 Å². The molecule has 0 aliphatic carbocycles. The summed E-state index contributed by atoms with van der Waals surface area (Å²) in [6.45, 7) is 4.30. The van der Waals surface area contributed by atoms with Crippen molar-refractivity contribution in [1.29, 1.82) is 0 Å². The Morgan fingerprint density at radius 1 is 1.17 bits per heavy atom. The minimum absolute atomic E-state index is 0.304. The number of hydrazone groups is 1. The molecule has 29 heavy (non-hydrogen) atoms. The zero-order valence-electron chi connectivity index (χ0n) is 16.8. The summed E-state index contributed by atoms with van der Waals surface area (Å²) in [4.78, 5) is 8.42. The Balaban J connectivity index is 1.81. The van der Waals surface area contributed by atoms with E-state index in [-0.39, 0.29) is 0 Å². The first-order valence-corrected chi connectivity index (χ1v) is 9.79. The molecule has 0 radical (unpaired) electrons. The van der Waals surface area contributed by atoms with Crippen LogP contribution in [0.3, 0.4) is 0 Å². The van der Waals surface area contributed by atoms with E-state index in [9.17, 15) is 0 Å². The zero-order chi connectivity index (χ0) is 20.4. The number of nitrogens with zero attached hydrogens (tertiary/aromatic N) is 2. The fourth-order valence-corrected chi connectivity index (χ4v) is 3.82. The molecule has 4 rings (SSSR count). The van der Waals surface area contributed by atoms with Crippen LogP contribution in [0.15, 0.2) is 64.3 Å². The van der Waals surface area contributed by atoms with Gasteiger partial charge in [-0.1, -0.05) is 36.4 Å². The summed E-state index contributed by atoms with van der Waals surface area (Å²) in [6, 6.07) is 15.0. The summed E-state index contributed by atoms with van der Waals surface area (Å²) in [5.41, 5.74) is 17.3. The van der Waals surface area contributed by atoms with E-state index in [0.29, 0.717) is 11.5 Å². The average Bonchev–Trinajstić information content (AvgIpc) is 3.06. The Bertz CT molecular complexity index is 1140. The SMILES string of the molecule is Cc1cc2[nH]c(-c3ccccc3)c(CC3=NC(/C(N)=N/NN)=CCC3)c2cc1C. The molecule has 1 aromatic heterocycles. The van der Waals surface area contributed by atoms with Gasteiger partial charge in [-0.05, 0) is 61.1 Å². The first kappa shape index (κ1) is 19.0. The Morgan fingerprint density at radius 2 is 1.93 bits per heavy atom. The number of aromatic amines is 1. The van der Waals surface area contributed by atoms with Crippen molar-refractivity contribution in [2.24, 2.45) is 21.7 Å². The summed E-state index contributed by atoms with van der Waals surface area (Å²) < 4.78 is 0. The number of rotatable bonds is 5. The number of benzene rings is 2. The molecule has 6 N–H and O–H groups in total. The van der Waals surface area contributed by atoms with Gasteiger partial charge in [0, 0.05) is 23.0 Å². The molecule has 6 nitrogen and oxygen atoms in total. The van der Waals surface area contributed by atoms with Gasteiger partial charge in [-0.15, -0.1) is 5.10 Å². The normalized spacial score (nSPS) is 14.7. The van der Waals surface area contributed by atoms with Crippen molar-refractivity contribution < 1.29 is 0 Å². The molecule has 0 fully saturated rings. The maximum absolute atomic E-state index is 5.97. The number of hydrogen-bond acceptors (Lipinski definition) is 4. The summed E-state index contributed by atoms with van der Waals surface area (Å²) in [7, 11) is 0.